The van der Waals surface area contributed by atoms with Gasteiger partial charge in [0.2, 0.25) is 11.8 Å². The highest BCUT2D eigenvalue weighted by atomic mass is 19.2. The second-order valence-corrected chi connectivity index (χ2v) is 6.19. The molecule has 0 unspecified atom stereocenters. The van der Waals surface area contributed by atoms with E-state index in [9.17, 15) is 18.4 Å². The molecule has 3 aromatic carbocycles. The summed E-state index contributed by atoms with van der Waals surface area (Å²) in [6, 6.07) is 19.0. The Morgan fingerprint density at radius 2 is 1.55 bits per heavy atom. The maximum absolute atomic E-state index is 13.5. The second-order valence-electron chi connectivity index (χ2n) is 6.19. The fourth-order valence-corrected chi connectivity index (χ4v) is 2.61. The van der Waals surface area contributed by atoms with Crippen LogP contribution in [0.1, 0.15) is 6.92 Å². The summed E-state index contributed by atoms with van der Waals surface area (Å²) in [5.41, 5.74) is 0.599. The molecule has 0 heterocycles. The van der Waals surface area contributed by atoms with Gasteiger partial charge in [-0.2, -0.15) is 0 Å². The molecule has 7 heteroatoms. The van der Waals surface area contributed by atoms with Crippen LogP contribution in [0.2, 0.25) is 0 Å². The molecule has 0 radical (unpaired) electrons. The number of carbonyl (C=O) groups excluding carboxylic acids is 2. The van der Waals surface area contributed by atoms with Gasteiger partial charge in [-0.25, -0.2) is 8.78 Å². The third-order valence-electron chi connectivity index (χ3n) is 4.01. The lowest BCUT2D eigenvalue weighted by Crippen LogP contribution is -2.36. The number of hydrogen-bond acceptors (Lipinski definition) is 3. The fourth-order valence-electron chi connectivity index (χ4n) is 2.61. The number of halogens is 2. The number of ether oxygens (including phenoxy) is 1. The Morgan fingerprint density at radius 1 is 0.897 bits per heavy atom. The molecule has 0 fully saturated rings. The first-order chi connectivity index (χ1) is 13.9. The van der Waals surface area contributed by atoms with Crippen molar-refractivity contribution in [3.05, 3.63) is 84.4 Å². The summed E-state index contributed by atoms with van der Waals surface area (Å²) in [7, 11) is 0. The van der Waals surface area contributed by atoms with Crippen molar-refractivity contribution in [2.24, 2.45) is 0 Å². The van der Waals surface area contributed by atoms with Gasteiger partial charge >= 0.3 is 0 Å². The normalized spacial score (nSPS) is 10.3. The quantitative estimate of drug-likeness (QED) is 0.654. The number of nitrogens with zero attached hydrogens (tertiary/aromatic N) is 1. The van der Waals surface area contributed by atoms with Gasteiger partial charge in [0, 0.05) is 24.4 Å². The van der Waals surface area contributed by atoms with E-state index >= 15 is 0 Å². The van der Waals surface area contributed by atoms with Gasteiger partial charge in [-0.15, -0.1) is 0 Å². The van der Waals surface area contributed by atoms with E-state index in [2.05, 4.69) is 5.32 Å². The van der Waals surface area contributed by atoms with E-state index in [1.807, 2.05) is 30.3 Å². The van der Waals surface area contributed by atoms with Crippen molar-refractivity contribution in [2.75, 3.05) is 16.8 Å². The molecule has 5 nitrogen and oxygen atoms in total. The van der Waals surface area contributed by atoms with Gasteiger partial charge in [0.15, 0.2) is 11.6 Å². The van der Waals surface area contributed by atoms with Crippen LogP contribution in [0.25, 0.3) is 0 Å². The molecule has 3 aromatic rings. The van der Waals surface area contributed by atoms with Crippen molar-refractivity contribution in [3.8, 4) is 11.5 Å². The van der Waals surface area contributed by atoms with Crippen LogP contribution >= 0.6 is 0 Å². The van der Waals surface area contributed by atoms with E-state index in [0.29, 0.717) is 17.2 Å². The van der Waals surface area contributed by atoms with Crippen LogP contribution in [-0.4, -0.2) is 18.4 Å². The zero-order valence-electron chi connectivity index (χ0n) is 15.6. The van der Waals surface area contributed by atoms with Crippen molar-refractivity contribution in [1.82, 2.24) is 0 Å². The Labute approximate surface area is 166 Å². The Morgan fingerprint density at radius 3 is 2.17 bits per heavy atom. The monoisotopic (exact) mass is 396 g/mol. The average Bonchev–Trinajstić information content (AvgIpc) is 2.70. The smallest absolute Gasteiger partial charge is 0.244 e. The van der Waals surface area contributed by atoms with Gasteiger partial charge in [0.25, 0.3) is 0 Å². The number of carbonyl (C=O) groups is 2. The molecule has 2 amide bonds. The van der Waals surface area contributed by atoms with Gasteiger partial charge < -0.3 is 15.0 Å². The number of nitrogens with one attached hydrogen (secondary N) is 1. The van der Waals surface area contributed by atoms with Crippen LogP contribution in [0.3, 0.4) is 0 Å². The largest absolute Gasteiger partial charge is 0.457 e. The second kappa shape index (κ2) is 8.97. The van der Waals surface area contributed by atoms with Crippen molar-refractivity contribution in [3.63, 3.8) is 0 Å². The van der Waals surface area contributed by atoms with Crippen LogP contribution in [0.4, 0.5) is 20.2 Å². The summed E-state index contributed by atoms with van der Waals surface area (Å²) in [6.07, 6.45) is 0. The van der Waals surface area contributed by atoms with Crippen LogP contribution in [0, 0.1) is 11.6 Å². The molecule has 1 N–H and O–H groups in total. The van der Waals surface area contributed by atoms with Gasteiger partial charge in [-0.1, -0.05) is 18.2 Å². The Bertz CT molecular complexity index is 1010. The van der Waals surface area contributed by atoms with Crippen molar-refractivity contribution in [1.29, 1.82) is 0 Å². The molecular formula is C22H18F2N2O3. The number of hydrogen-bond donors (Lipinski definition) is 1. The predicted molar refractivity (Wildman–Crippen MR) is 106 cm³/mol. The minimum atomic E-state index is -1.09. The first-order valence-corrected chi connectivity index (χ1v) is 8.78. The highest BCUT2D eigenvalue weighted by Crippen LogP contribution is 2.23. The molecule has 3 rings (SSSR count). The number of benzene rings is 3. The van der Waals surface area contributed by atoms with Crippen LogP contribution < -0.4 is 15.0 Å². The lowest BCUT2D eigenvalue weighted by Gasteiger charge is -2.21. The Balaban J connectivity index is 1.64. The number of anilines is 2. The first kappa shape index (κ1) is 20.0. The van der Waals surface area contributed by atoms with E-state index in [0.717, 1.165) is 17.0 Å². The fraction of sp³-hybridized carbons (Fsp3) is 0.0909. The van der Waals surface area contributed by atoms with E-state index < -0.39 is 23.4 Å². The standard InChI is InChI=1S/C22H18F2N2O3/c1-15(27)26(17-9-12-20(23)21(24)13-17)14-22(28)25-16-7-10-19(11-8-16)29-18-5-3-2-4-6-18/h2-13H,14H2,1H3,(H,25,28). The number of para-hydroxylation sites is 1. The molecule has 0 atom stereocenters. The summed E-state index contributed by atoms with van der Waals surface area (Å²) in [5, 5.41) is 2.66. The summed E-state index contributed by atoms with van der Waals surface area (Å²) in [4.78, 5) is 25.2. The molecule has 0 aromatic heterocycles. The Kier molecular flexibility index (Phi) is 6.19. The van der Waals surface area contributed by atoms with E-state index in [-0.39, 0.29) is 12.2 Å². The van der Waals surface area contributed by atoms with Gasteiger partial charge in [0.1, 0.15) is 18.0 Å². The molecule has 0 bridgehead atoms. The minimum absolute atomic E-state index is 0.0955. The molecule has 0 saturated carbocycles. The van der Waals surface area contributed by atoms with E-state index in [4.69, 9.17) is 4.74 Å². The summed E-state index contributed by atoms with van der Waals surface area (Å²) in [6.45, 7) is 0.896. The lowest BCUT2D eigenvalue weighted by atomic mass is 10.2. The van der Waals surface area contributed by atoms with Gasteiger partial charge in [-0.05, 0) is 48.5 Å². The van der Waals surface area contributed by atoms with Crippen molar-refractivity contribution < 1.29 is 23.1 Å². The van der Waals surface area contributed by atoms with Gasteiger partial charge in [-0.3, -0.25) is 9.59 Å². The molecule has 29 heavy (non-hydrogen) atoms. The lowest BCUT2D eigenvalue weighted by molar-refractivity contribution is -0.120. The third kappa shape index (κ3) is 5.38. The maximum atomic E-state index is 13.5. The molecule has 0 spiro atoms. The molecule has 148 valence electrons. The molecular weight excluding hydrogens is 378 g/mol. The van der Waals surface area contributed by atoms with Crippen LogP contribution in [0.15, 0.2) is 72.8 Å². The highest BCUT2D eigenvalue weighted by molar-refractivity contribution is 6.01. The van der Waals surface area contributed by atoms with Crippen molar-refractivity contribution in [2.45, 2.75) is 6.92 Å². The topological polar surface area (TPSA) is 58.6 Å². The van der Waals surface area contributed by atoms with E-state index in [1.54, 1.807) is 24.3 Å². The number of rotatable bonds is 6. The highest BCUT2D eigenvalue weighted by Gasteiger charge is 2.17. The summed E-state index contributed by atoms with van der Waals surface area (Å²) >= 11 is 0. The SMILES string of the molecule is CC(=O)N(CC(=O)Nc1ccc(Oc2ccccc2)cc1)c1ccc(F)c(F)c1. The van der Waals surface area contributed by atoms with Crippen molar-refractivity contribution >= 4 is 23.2 Å². The zero-order chi connectivity index (χ0) is 20.8. The molecule has 0 saturated heterocycles. The minimum Gasteiger partial charge on any atom is -0.457 e. The van der Waals surface area contributed by atoms with Crippen LogP contribution in [0.5, 0.6) is 11.5 Å². The Hall–Kier alpha value is -3.74. The molecule has 0 aliphatic heterocycles. The zero-order valence-corrected chi connectivity index (χ0v) is 15.6. The summed E-state index contributed by atoms with van der Waals surface area (Å²) < 4.78 is 32.3. The van der Waals surface area contributed by atoms with Crippen LogP contribution in [-0.2, 0) is 9.59 Å². The third-order valence-corrected chi connectivity index (χ3v) is 4.01. The molecule has 0 aliphatic rings. The maximum Gasteiger partial charge on any atom is 0.244 e. The summed E-state index contributed by atoms with van der Waals surface area (Å²) in [5.74, 6) is -1.80. The predicted octanol–water partition coefficient (Wildman–Crippen LogP) is 4.75. The van der Waals surface area contributed by atoms with Gasteiger partial charge in [0.05, 0.1) is 0 Å². The number of amides is 2. The molecule has 0 aliphatic carbocycles. The average molecular weight is 396 g/mol. The van der Waals surface area contributed by atoms with E-state index in [1.165, 1.54) is 13.0 Å². The first-order valence-electron chi connectivity index (χ1n) is 8.78.